The Morgan fingerprint density at radius 3 is 2.55 bits per heavy atom. The van der Waals surface area contributed by atoms with Crippen LogP contribution in [0.25, 0.3) is 21.6 Å². The van der Waals surface area contributed by atoms with Crippen LogP contribution in [0.15, 0.2) is 60.1 Å². The van der Waals surface area contributed by atoms with Gasteiger partial charge in [-0.15, -0.1) is 11.3 Å². The average Bonchev–Trinajstić information content (AvgIpc) is 3.46. The summed E-state index contributed by atoms with van der Waals surface area (Å²) < 4.78 is 1.90. The number of benzene rings is 1. The summed E-state index contributed by atoms with van der Waals surface area (Å²) in [5, 5.41) is 7.39. The molecule has 31 heavy (non-hydrogen) atoms. The molecule has 3 heterocycles. The number of carbonyl (C=O) groups is 1. The topological polar surface area (TPSA) is 51.0 Å². The Morgan fingerprint density at radius 1 is 1.13 bits per heavy atom. The van der Waals surface area contributed by atoms with E-state index in [0.717, 1.165) is 33.6 Å². The average molecular weight is 433 g/mol. The summed E-state index contributed by atoms with van der Waals surface area (Å²) >= 11 is 1.63. The normalized spacial score (nSPS) is 12.4. The number of hydrogen-bond acceptors (Lipinski definition) is 4. The molecule has 0 saturated carbocycles. The molecule has 1 unspecified atom stereocenters. The second-order valence-electron chi connectivity index (χ2n) is 8.13. The lowest BCUT2D eigenvalue weighted by molar-refractivity contribution is 0.0673. The van der Waals surface area contributed by atoms with Gasteiger partial charge in [0.05, 0.1) is 27.7 Å². The number of carbonyl (C=O) groups excluding carboxylic acids is 1. The Bertz CT molecular complexity index is 1170. The Hall–Kier alpha value is -2.99. The first kappa shape index (κ1) is 21.2. The fraction of sp³-hybridized carbons (Fsp3) is 0.320. The van der Waals surface area contributed by atoms with Gasteiger partial charge in [-0.1, -0.05) is 43.3 Å². The molecule has 5 nitrogen and oxygen atoms in total. The zero-order valence-electron chi connectivity index (χ0n) is 18.4. The molecular weight excluding hydrogens is 404 g/mol. The van der Waals surface area contributed by atoms with E-state index in [1.807, 2.05) is 51.4 Å². The van der Waals surface area contributed by atoms with Crippen molar-refractivity contribution in [3.63, 3.8) is 0 Å². The van der Waals surface area contributed by atoms with Crippen LogP contribution in [-0.4, -0.2) is 31.6 Å². The van der Waals surface area contributed by atoms with E-state index in [9.17, 15) is 4.79 Å². The van der Waals surface area contributed by atoms with Crippen LogP contribution in [0.5, 0.6) is 0 Å². The highest BCUT2D eigenvalue weighted by atomic mass is 32.1. The number of fused-ring (bicyclic) bond motifs is 1. The van der Waals surface area contributed by atoms with Gasteiger partial charge in [-0.2, -0.15) is 5.10 Å². The van der Waals surface area contributed by atoms with Crippen LogP contribution in [0.1, 0.15) is 56.1 Å². The number of thiophene rings is 1. The molecule has 160 valence electrons. The van der Waals surface area contributed by atoms with E-state index in [4.69, 9.17) is 4.98 Å². The van der Waals surface area contributed by atoms with E-state index in [-0.39, 0.29) is 18.0 Å². The van der Waals surface area contributed by atoms with Gasteiger partial charge >= 0.3 is 0 Å². The molecule has 0 N–H and O–H groups in total. The third kappa shape index (κ3) is 4.26. The van der Waals surface area contributed by atoms with Crippen molar-refractivity contribution in [1.82, 2.24) is 19.7 Å². The van der Waals surface area contributed by atoms with Crippen molar-refractivity contribution in [3.8, 4) is 10.6 Å². The number of rotatable bonds is 7. The molecule has 0 saturated heterocycles. The first-order valence-electron chi connectivity index (χ1n) is 10.8. The van der Waals surface area contributed by atoms with Crippen molar-refractivity contribution >= 4 is 28.3 Å². The van der Waals surface area contributed by atoms with Gasteiger partial charge in [-0.05, 0) is 50.3 Å². The van der Waals surface area contributed by atoms with Crippen molar-refractivity contribution in [2.45, 2.75) is 52.7 Å². The van der Waals surface area contributed by atoms with Crippen LogP contribution in [0.3, 0.4) is 0 Å². The van der Waals surface area contributed by atoms with Gasteiger partial charge in [0.25, 0.3) is 5.91 Å². The van der Waals surface area contributed by atoms with Crippen LogP contribution in [-0.2, 0) is 6.54 Å². The largest absolute Gasteiger partial charge is 0.332 e. The zero-order valence-corrected chi connectivity index (χ0v) is 19.3. The minimum absolute atomic E-state index is 0.0201. The molecule has 0 radical (unpaired) electrons. The second-order valence-corrected chi connectivity index (χ2v) is 9.08. The van der Waals surface area contributed by atoms with Crippen LogP contribution >= 0.6 is 11.3 Å². The fourth-order valence-corrected chi connectivity index (χ4v) is 4.39. The number of pyridine rings is 1. The Morgan fingerprint density at radius 2 is 1.90 bits per heavy atom. The van der Waals surface area contributed by atoms with Gasteiger partial charge in [-0.25, -0.2) is 9.67 Å². The van der Waals surface area contributed by atoms with Crippen LogP contribution < -0.4 is 0 Å². The fourth-order valence-electron chi connectivity index (χ4n) is 3.71. The summed E-state index contributed by atoms with van der Waals surface area (Å²) in [6.45, 7) is 8.95. The Labute approximate surface area is 187 Å². The molecule has 1 aromatic carbocycles. The molecule has 0 aliphatic carbocycles. The van der Waals surface area contributed by atoms with Gasteiger partial charge in [-0.3, -0.25) is 4.79 Å². The lowest BCUT2D eigenvalue weighted by atomic mass is 10.1. The minimum atomic E-state index is 0.0201. The standard InChI is InChI=1S/C25H28N4OS/c1-5-18(4)28(16-19-10-7-6-8-11-19)25(30)20-14-22(23-12-9-13-31-23)27-24-21(20)15-26-29(24)17(2)3/h6-15,17-18H,5,16H2,1-4H3. The van der Waals surface area contributed by atoms with Crippen LogP contribution in [0.2, 0.25) is 0 Å². The third-order valence-electron chi connectivity index (χ3n) is 5.64. The minimum Gasteiger partial charge on any atom is -0.332 e. The molecule has 4 aromatic rings. The first-order valence-corrected chi connectivity index (χ1v) is 11.6. The molecule has 0 bridgehead atoms. The number of amides is 1. The highest BCUT2D eigenvalue weighted by Gasteiger charge is 2.25. The van der Waals surface area contributed by atoms with E-state index in [0.29, 0.717) is 12.1 Å². The van der Waals surface area contributed by atoms with Crippen molar-refractivity contribution in [1.29, 1.82) is 0 Å². The van der Waals surface area contributed by atoms with Crippen molar-refractivity contribution < 1.29 is 4.79 Å². The molecular formula is C25H28N4OS. The van der Waals surface area contributed by atoms with Gasteiger partial charge < -0.3 is 4.90 Å². The third-order valence-corrected chi connectivity index (χ3v) is 6.53. The van der Waals surface area contributed by atoms with Gasteiger partial charge in [0.2, 0.25) is 0 Å². The summed E-state index contributed by atoms with van der Waals surface area (Å²) in [5.41, 5.74) is 3.36. The van der Waals surface area contributed by atoms with E-state index in [2.05, 4.69) is 44.9 Å². The Balaban J connectivity index is 1.85. The summed E-state index contributed by atoms with van der Waals surface area (Å²) in [6, 6.07) is 16.4. The van der Waals surface area contributed by atoms with Crippen molar-refractivity contribution in [2.24, 2.45) is 0 Å². The van der Waals surface area contributed by atoms with Gasteiger partial charge in [0, 0.05) is 18.6 Å². The zero-order chi connectivity index (χ0) is 22.0. The van der Waals surface area contributed by atoms with E-state index < -0.39 is 0 Å². The molecule has 1 atom stereocenters. The highest BCUT2D eigenvalue weighted by Crippen LogP contribution is 2.30. The molecule has 0 fully saturated rings. The summed E-state index contributed by atoms with van der Waals surface area (Å²) in [5.74, 6) is 0.0201. The smallest absolute Gasteiger partial charge is 0.255 e. The van der Waals surface area contributed by atoms with Gasteiger partial charge in [0.15, 0.2) is 5.65 Å². The number of nitrogens with zero attached hydrogens (tertiary/aromatic N) is 4. The quantitative estimate of drug-likeness (QED) is 0.350. The van der Waals surface area contributed by atoms with E-state index in [1.165, 1.54) is 0 Å². The van der Waals surface area contributed by atoms with E-state index in [1.54, 1.807) is 17.5 Å². The predicted octanol–water partition coefficient (Wildman–Crippen LogP) is 6.18. The molecule has 1 amide bonds. The van der Waals surface area contributed by atoms with Gasteiger partial charge in [0.1, 0.15) is 0 Å². The van der Waals surface area contributed by atoms with Crippen molar-refractivity contribution in [3.05, 3.63) is 71.2 Å². The molecule has 0 aliphatic heterocycles. The SMILES string of the molecule is CCC(C)N(Cc1ccccc1)C(=O)c1cc(-c2cccs2)nc2c1cnn2C(C)C. The number of aromatic nitrogens is 3. The first-order chi connectivity index (χ1) is 15.0. The lowest BCUT2D eigenvalue weighted by Gasteiger charge is -2.29. The van der Waals surface area contributed by atoms with Crippen LogP contribution in [0.4, 0.5) is 0 Å². The van der Waals surface area contributed by atoms with E-state index >= 15 is 0 Å². The summed E-state index contributed by atoms with van der Waals surface area (Å²) in [7, 11) is 0. The lowest BCUT2D eigenvalue weighted by Crippen LogP contribution is -2.38. The molecule has 6 heteroatoms. The molecule has 0 aliphatic rings. The predicted molar refractivity (Wildman–Crippen MR) is 127 cm³/mol. The maximum Gasteiger partial charge on any atom is 0.255 e. The second kappa shape index (κ2) is 9.02. The monoisotopic (exact) mass is 432 g/mol. The summed E-state index contributed by atoms with van der Waals surface area (Å²) in [6.07, 6.45) is 2.67. The summed E-state index contributed by atoms with van der Waals surface area (Å²) in [4.78, 5) is 21.8. The van der Waals surface area contributed by atoms with Crippen molar-refractivity contribution in [2.75, 3.05) is 0 Å². The highest BCUT2D eigenvalue weighted by molar-refractivity contribution is 7.13. The molecule has 0 spiro atoms. The van der Waals surface area contributed by atoms with Crippen LogP contribution in [0, 0.1) is 0 Å². The Kier molecular flexibility index (Phi) is 6.18. The molecule has 4 rings (SSSR count). The molecule has 3 aromatic heterocycles. The number of hydrogen-bond donors (Lipinski definition) is 0. The maximum absolute atomic E-state index is 13.9. The maximum atomic E-state index is 13.9.